The molecule has 0 saturated heterocycles. The normalized spacial score (nSPS) is 15.9. The van der Waals surface area contributed by atoms with Gasteiger partial charge in [-0.25, -0.2) is 9.59 Å². The van der Waals surface area contributed by atoms with E-state index in [9.17, 15) is 14.4 Å². The Morgan fingerprint density at radius 2 is 1.87 bits per heavy atom. The van der Waals surface area contributed by atoms with Gasteiger partial charge < -0.3 is 25.0 Å². The number of amides is 3. The zero-order valence-corrected chi connectivity index (χ0v) is 17.7. The van der Waals surface area contributed by atoms with E-state index in [2.05, 4.69) is 10.6 Å². The lowest BCUT2D eigenvalue weighted by molar-refractivity contribution is -0.139. The van der Waals surface area contributed by atoms with Crippen LogP contribution in [-0.2, 0) is 14.3 Å². The second-order valence-electron chi connectivity index (χ2n) is 6.94. The Hall–Kier alpha value is -3.81. The van der Waals surface area contributed by atoms with Crippen LogP contribution in [0, 0.1) is 0 Å². The van der Waals surface area contributed by atoms with Gasteiger partial charge in [-0.15, -0.1) is 0 Å². The van der Waals surface area contributed by atoms with Gasteiger partial charge in [0.05, 0.1) is 18.2 Å². The number of rotatable bonds is 7. The number of hydrogen-bond acceptors (Lipinski definition) is 5. The van der Waals surface area contributed by atoms with Gasteiger partial charge in [0.1, 0.15) is 5.75 Å². The van der Waals surface area contributed by atoms with E-state index in [1.165, 1.54) is 4.90 Å². The summed E-state index contributed by atoms with van der Waals surface area (Å²) in [5, 5.41) is 5.59. The van der Waals surface area contributed by atoms with Crippen LogP contribution in [0.15, 0.2) is 65.9 Å². The molecule has 0 radical (unpaired) electrons. The molecule has 1 aliphatic heterocycles. The highest BCUT2D eigenvalue weighted by atomic mass is 16.5. The van der Waals surface area contributed by atoms with E-state index in [-0.39, 0.29) is 25.2 Å². The van der Waals surface area contributed by atoms with Crippen LogP contribution < -0.4 is 15.4 Å². The Kier molecular flexibility index (Phi) is 6.92. The Balaban J connectivity index is 1.78. The summed E-state index contributed by atoms with van der Waals surface area (Å²) in [7, 11) is 1.59. The van der Waals surface area contributed by atoms with Gasteiger partial charge in [0.15, 0.2) is 6.61 Å². The number of allylic oxidation sites excluding steroid dienone is 1. The van der Waals surface area contributed by atoms with Gasteiger partial charge in [-0.1, -0.05) is 30.3 Å². The minimum Gasteiger partial charge on any atom is -0.484 e. The molecular formula is C23H25N3O5. The van der Waals surface area contributed by atoms with E-state index in [0.29, 0.717) is 28.3 Å². The van der Waals surface area contributed by atoms with Crippen molar-refractivity contribution < 1.29 is 23.9 Å². The van der Waals surface area contributed by atoms with E-state index < -0.39 is 12.0 Å². The number of hydrogen-bond donors (Lipinski definition) is 2. The summed E-state index contributed by atoms with van der Waals surface area (Å²) in [6.45, 7) is 3.50. The SMILES string of the molecule is CCOC(=O)C1=C(C)N(C)C(=O)N[C@@H]1c1cccc(NC(=O)COc2ccccc2)c1. The quantitative estimate of drug-likeness (QED) is 0.667. The van der Waals surface area contributed by atoms with Crippen LogP contribution in [0.25, 0.3) is 0 Å². The molecule has 8 heteroatoms. The summed E-state index contributed by atoms with van der Waals surface area (Å²) < 4.78 is 10.7. The summed E-state index contributed by atoms with van der Waals surface area (Å²) in [6, 6.07) is 15.0. The molecule has 3 amide bonds. The number of anilines is 1. The van der Waals surface area contributed by atoms with Crippen molar-refractivity contribution in [2.75, 3.05) is 25.6 Å². The molecule has 162 valence electrons. The summed E-state index contributed by atoms with van der Waals surface area (Å²) in [6.07, 6.45) is 0. The molecule has 2 aromatic rings. The molecule has 0 bridgehead atoms. The first kappa shape index (κ1) is 21.9. The van der Waals surface area contributed by atoms with Gasteiger partial charge in [-0.2, -0.15) is 0 Å². The van der Waals surface area contributed by atoms with Crippen molar-refractivity contribution in [1.29, 1.82) is 0 Å². The lowest BCUT2D eigenvalue weighted by Gasteiger charge is -2.33. The zero-order chi connectivity index (χ0) is 22.4. The topological polar surface area (TPSA) is 97.0 Å². The van der Waals surface area contributed by atoms with E-state index in [0.717, 1.165) is 0 Å². The van der Waals surface area contributed by atoms with Crippen LogP contribution in [0.3, 0.4) is 0 Å². The maximum absolute atomic E-state index is 12.6. The first-order valence-electron chi connectivity index (χ1n) is 9.90. The van der Waals surface area contributed by atoms with Crippen LogP contribution in [0.5, 0.6) is 5.75 Å². The molecule has 3 rings (SSSR count). The van der Waals surface area contributed by atoms with E-state index in [4.69, 9.17) is 9.47 Å². The molecule has 31 heavy (non-hydrogen) atoms. The first-order chi connectivity index (χ1) is 14.9. The maximum Gasteiger partial charge on any atom is 0.338 e. The smallest absolute Gasteiger partial charge is 0.338 e. The number of esters is 1. The predicted molar refractivity (Wildman–Crippen MR) is 115 cm³/mol. The molecular weight excluding hydrogens is 398 g/mol. The fourth-order valence-corrected chi connectivity index (χ4v) is 3.22. The van der Waals surface area contributed by atoms with Crippen LogP contribution >= 0.6 is 0 Å². The molecule has 0 unspecified atom stereocenters. The summed E-state index contributed by atoms with van der Waals surface area (Å²) >= 11 is 0. The third kappa shape index (κ3) is 5.22. The van der Waals surface area contributed by atoms with Crippen molar-refractivity contribution in [2.24, 2.45) is 0 Å². The molecule has 1 heterocycles. The van der Waals surface area contributed by atoms with Gasteiger partial charge in [0, 0.05) is 18.4 Å². The molecule has 2 aromatic carbocycles. The van der Waals surface area contributed by atoms with E-state index in [1.54, 1.807) is 57.3 Å². The number of para-hydroxylation sites is 1. The first-order valence-corrected chi connectivity index (χ1v) is 9.90. The van der Waals surface area contributed by atoms with Crippen molar-refractivity contribution in [3.8, 4) is 5.75 Å². The number of ether oxygens (including phenoxy) is 2. The molecule has 8 nitrogen and oxygen atoms in total. The fourth-order valence-electron chi connectivity index (χ4n) is 3.22. The number of nitrogens with zero attached hydrogens (tertiary/aromatic N) is 1. The lowest BCUT2D eigenvalue weighted by Crippen LogP contribution is -2.46. The third-order valence-electron chi connectivity index (χ3n) is 4.87. The van der Waals surface area contributed by atoms with Crippen molar-refractivity contribution >= 4 is 23.6 Å². The number of urea groups is 1. The van der Waals surface area contributed by atoms with E-state index >= 15 is 0 Å². The van der Waals surface area contributed by atoms with Crippen molar-refractivity contribution in [3.63, 3.8) is 0 Å². The maximum atomic E-state index is 12.6. The number of carbonyl (C=O) groups excluding carboxylic acids is 3. The molecule has 0 fully saturated rings. The molecule has 0 aromatic heterocycles. The Morgan fingerprint density at radius 1 is 1.13 bits per heavy atom. The van der Waals surface area contributed by atoms with Crippen LogP contribution in [0.1, 0.15) is 25.5 Å². The molecule has 0 spiro atoms. The van der Waals surface area contributed by atoms with Crippen LogP contribution in [0.4, 0.5) is 10.5 Å². The molecule has 1 aliphatic rings. The van der Waals surface area contributed by atoms with Gasteiger partial charge in [-0.3, -0.25) is 4.79 Å². The molecule has 1 atom stereocenters. The molecule has 0 aliphatic carbocycles. The minimum atomic E-state index is -0.694. The summed E-state index contributed by atoms with van der Waals surface area (Å²) in [4.78, 5) is 38.6. The lowest BCUT2D eigenvalue weighted by atomic mass is 9.94. The fraction of sp³-hybridized carbons (Fsp3) is 0.261. The second kappa shape index (κ2) is 9.80. The molecule has 2 N–H and O–H groups in total. The van der Waals surface area contributed by atoms with Crippen molar-refractivity contribution in [2.45, 2.75) is 19.9 Å². The largest absolute Gasteiger partial charge is 0.484 e. The average molecular weight is 423 g/mol. The number of nitrogens with one attached hydrogen (secondary N) is 2. The average Bonchev–Trinajstić information content (AvgIpc) is 2.77. The van der Waals surface area contributed by atoms with Crippen molar-refractivity contribution in [1.82, 2.24) is 10.2 Å². The predicted octanol–water partition coefficient (Wildman–Crippen LogP) is 3.24. The Labute approximate surface area is 180 Å². The van der Waals surface area contributed by atoms with Crippen LogP contribution in [0.2, 0.25) is 0 Å². The Bertz CT molecular complexity index is 1000. The number of carbonyl (C=O) groups is 3. The van der Waals surface area contributed by atoms with Crippen molar-refractivity contribution in [3.05, 3.63) is 71.4 Å². The summed E-state index contributed by atoms with van der Waals surface area (Å²) in [5.41, 5.74) is 2.02. The standard InChI is InChI=1S/C23H25N3O5/c1-4-30-22(28)20-15(2)26(3)23(29)25-21(20)16-9-8-10-17(13-16)24-19(27)14-31-18-11-6-5-7-12-18/h5-13,21H,4,14H2,1-3H3,(H,24,27)(H,25,29)/t21-/m1/s1. The van der Waals surface area contributed by atoms with E-state index in [1.807, 2.05) is 18.2 Å². The van der Waals surface area contributed by atoms with Crippen LogP contribution in [-0.4, -0.2) is 43.1 Å². The highest BCUT2D eigenvalue weighted by molar-refractivity contribution is 5.95. The Morgan fingerprint density at radius 3 is 2.58 bits per heavy atom. The second-order valence-corrected chi connectivity index (χ2v) is 6.94. The third-order valence-corrected chi connectivity index (χ3v) is 4.87. The molecule has 0 saturated carbocycles. The highest BCUT2D eigenvalue weighted by Crippen LogP contribution is 2.31. The van der Waals surface area contributed by atoms with Gasteiger partial charge in [-0.05, 0) is 43.7 Å². The van der Waals surface area contributed by atoms with Gasteiger partial charge in [0.2, 0.25) is 0 Å². The minimum absolute atomic E-state index is 0.147. The van der Waals surface area contributed by atoms with Gasteiger partial charge >= 0.3 is 12.0 Å². The number of benzene rings is 2. The highest BCUT2D eigenvalue weighted by Gasteiger charge is 2.35. The van der Waals surface area contributed by atoms with Gasteiger partial charge in [0.25, 0.3) is 5.91 Å². The zero-order valence-electron chi connectivity index (χ0n) is 17.7. The monoisotopic (exact) mass is 423 g/mol. The summed E-state index contributed by atoms with van der Waals surface area (Å²) in [5.74, 6) is -0.228.